The molecule has 2 heteroatoms. The first-order chi connectivity index (χ1) is 5.79. The molecular formula is C10H13ClO. The average Bonchev–Trinajstić information content (AvgIpc) is 2.09. The molecule has 0 N–H and O–H groups in total. The van der Waals surface area contributed by atoms with Crippen LogP contribution in [0.5, 0.6) is 0 Å². The van der Waals surface area contributed by atoms with Crippen molar-refractivity contribution in [1.29, 1.82) is 0 Å². The lowest BCUT2D eigenvalue weighted by Gasteiger charge is -2.08. The van der Waals surface area contributed by atoms with Crippen LogP contribution in [0.2, 0.25) is 5.02 Å². The third kappa shape index (κ3) is 1.99. The summed E-state index contributed by atoms with van der Waals surface area (Å²) in [4.78, 5) is 0. The highest BCUT2D eigenvalue weighted by atomic mass is 35.5. The lowest BCUT2D eigenvalue weighted by molar-refractivity contribution is 0.184. The predicted molar refractivity (Wildman–Crippen MR) is 51.5 cm³/mol. The fourth-order valence-electron chi connectivity index (χ4n) is 1.24. The van der Waals surface area contributed by atoms with Gasteiger partial charge in [-0.2, -0.15) is 0 Å². The summed E-state index contributed by atoms with van der Waals surface area (Å²) < 4.78 is 5.07. The summed E-state index contributed by atoms with van der Waals surface area (Å²) in [7, 11) is 1.68. The van der Waals surface area contributed by atoms with Gasteiger partial charge in [0.25, 0.3) is 0 Å². The largest absolute Gasteiger partial charge is 0.380 e. The van der Waals surface area contributed by atoms with Crippen LogP contribution in [0.1, 0.15) is 18.1 Å². The maximum absolute atomic E-state index is 6.01. The molecule has 1 rings (SSSR count). The smallest absolute Gasteiger partial charge is 0.0730 e. The molecule has 66 valence electrons. The van der Waals surface area contributed by atoms with Gasteiger partial charge in [0.05, 0.1) is 6.61 Å². The number of ether oxygens (including phenoxy) is 1. The van der Waals surface area contributed by atoms with Crippen molar-refractivity contribution in [3.8, 4) is 0 Å². The van der Waals surface area contributed by atoms with Crippen molar-refractivity contribution in [2.45, 2.75) is 20.0 Å². The van der Waals surface area contributed by atoms with Gasteiger partial charge in [0.2, 0.25) is 0 Å². The Morgan fingerprint density at radius 3 is 2.75 bits per heavy atom. The monoisotopic (exact) mass is 184 g/mol. The summed E-state index contributed by atoms with van der Waals surface area (Å²) in [6, 6.07) is 5.95. The molecule has 0 bridgehead atoms. The van der Waals surface area contributed by atoms with Crippen LogP contribution in [0, 0.1) is 0 Å². The summed E-state index contributed by atoms with van der Waals surface area (Å²) in [6.07, 6.45) is 0.999. The molecule has 0 saturated carbocycles. The minimum Gasteiger partial charge on any atom is -0.380 e. The molecule has 1 aromatic rings. The Hall–Kier alpha value is -0.530. The molecule has 12 heavy (non-hydrogen) atoms. The lowest BCUT2D eigenvalue weighted by atomic mass is 10.1. The second kappa shape index (κ2) is 4.48. The summed E-state index contributed by atoms with van der Waals surface area (Å²) >= 11 is 6.01. The zero-order valence-electron chi connectivity index (χ0n) is 7.43. The van der Waals surface area contributed by atoms with Gasteiger partial charge in [-0.05, 0) is 23.6 Å². The number of hydrogen-bond donors (Lipinski definition) is 0. The third-order valence-corrected chi connectivity index (χ3v) is 2.24. The number of methoxy groups -OCH3 is 1. The van der Waals surface area contributed by atoms with Crippen molar-refractivity contribution < 1.29 is 4.74 Å². The summed E-state index contributed by atoms with van der Waals surface area (Å²) in [5.74, 6) is 0. The number of halogens is 1. The Morgan fingerprint density at radius 1 is 1.42 bits per heavy atom. The van der Waals surface area contributed by atoms with Gasteiger partial charge in [0.1, 0.15) is 0 Å². The van der Waals surface area contributed by atoms with Gasteiger partial charge < -0.3 is 4.74 Å². The summed E-state index contributed by atoms with van der Waals surface area (Å²) in [5, 5.41) is 0.802. The second-order valence-electron chi connectivity index (χ2n) is 2.66. The molecule has 0 aromatic heterocycles. The fourth-order valence-corrected chi connectivity index (χ4v) is 1.49. The molecule has 0 radical (unpaired) electrons. The minimum absolute atomic E-state index is 0.600. The van der Waals surface area contributed by atoms with Crippen molar-refractivity contribution in [3.63, 3.8) is 0 Å². The van der Waals surface area contributed by atoms with E-state index in [-0.39, 0.29) is 0 Å². The SMILES string of the molecule is CCc1cccc(Cl)c1COC. The van der Waals surface area contributed by atoms with Gasteiger partial charge in [0.15, 0.2) is 0 Å². The Bertz CT molecular complexity index is 258. The van der Waals surface area contributed by atoms with Crippen molar-refractivity contribution >= 4 is 11.6 Å². The molecule has 0 aliphatic rings. The number of aryl methyl sites for hydroxylation is 1. The Labute approximate surface area is 78.3 Å². The van der Waals surface area contributed by atoms with Crippen LogP contribution in [-0.4, -0.2) is 7.11 Å². The van der Waals surface area contributed by atoms with Gasteiger partial charge in [0, 0.05) is 12.1 Å². The van der Waals surface area contributed by atoms with E-state index < -0.39 is 0 Å². The van der Waals surface area contributed by atoms with Gasteiger partial charge in [-0.15, -0.1) is 0 Å². The van der Waals surface area contributed by atoms with E-state index in [4.69, 9.17) is 16.3 Å². The van der Waals surface area contributed by atoms with Crippen LogP contribution < -0.4 is 0 Å². The van der Waals surface area contributed by atoms with Gasteiger partial charge in [-0.1, -0.05) is 30.7 Å². The Morgan fingerprint density at radius 2 is 2.17 bits per heavy atom. The van der Waals surface area contributed by atoms with Crippen molar-refractivity contribution in [2.24, 2.45) is 0 Å². The highest BCUT2D eigenvalue weighted by Gasteiger charge is 2.03. The molecule has 0 heterocycles. The van der Waals surface area contributed by atoms with E-state index in [1.54, 1.807) is 7.11 Å². The highest BCUT2D eigenvalue weighted by molar-refractivity contribution is 6.31. The predicted octanol–water partition coefficient (Wildman–Crippen LogP) is 3.05. The molecule has 0 aliphatic carbocycles. The Balaban J connectivity index is 3.02. The number of rotatable bonds is 3. The zero-order valence-corrected chi connectivity index (χ0v) is 8.19. The first kappa shape index (κ1) is 9.56. The standard InChI is InChI=1S/C10H13ClO/c1-3-8-5-4-6-10(11)9(8)7-12-2/h4-6H,3,7H2,1-2H3. The van der Waals surface area contributed by atoms with E-state index >= 15 is 0 Å². The molecule has 0 spiro atoms. The molecule has 0 amide bonds. The van der Waals surface area contributed by atoms with E-state index in [0.29, 0.717) is 6.61 Å². The zero-order chi connectivity index (χ0) is 8.97. The van der Waals surface area contributed by atoms with Gasteiger partial charge in [-0.3, -0.25) is 0 Å². The minimum atomic E-state index is 0.600. The van der Waals surface area contributed by atoms with Gasteiger partial charge in [-0.25, -0.2) is 0 Å². The maximum Gasteiger partial charge on any atom is 0.0730 e. The molecular weight excluding hydrogens is 172 g/mol. The van der Waals surface area contributed by atoms with Crippen LogP contribution >= 0.6 is 11.6 Å². The van der Waals surface area contributed by atoms with E-state index in [2.05, 4.69) is 13.0 Å². The van der Waals surface area contributed by atoms with E-state index in [0.717, 1.165) is 17.0 Å². The fraction of sp³-hybridized carbons (Fsp3) is 0.400. The Kier molecular flexibility index (Phi) is 3.57. The van der Waals surface area contributed by atoms with Crippen molar-refractivity contribution in [2.75, 3.05) is 7.11 Å². The molecule has 0 unspecified atom stereocenters. The van der Waals surface area contributed by atoms with Crippen LogP contribution in [0.15, 0.2) is 18.2 Å². The molecule has 0 fully saturated rings. The normalized spacial score (nSPS) is 10.2. The first-order valence-electron chi connectivity index (χ1n) is 4.04. The topological polar surface area (TPSA) is 9.23 Å². The first-order valence-corrected chi connectivity index (χ1v) is 4.42. The van der Waals surface area contributed by atoms with E-state index in [1.165, 1.54) is 5.56 Å². The van der Waals surface area contributed by atoms with E-state index in [1.807, 2.05) is 12.1 Å². The number of benzene rings is 1. The summed E-state index contributed by atoms with van der Waals surface area (Å²) in [6.45, 7) is 2.72. The van der Waals surface area contributed by atoms with Crippen LogP contribution in [0.3, 0.4) is 0 Å². The highest BCUT2D eigenvalue weighted by Crippen LogP contribution is 2.20. The number of hydrogen-bond acceptors (Lipinski definition) is 1. The summed E-state index contributed by atoms with van der Waals surface area (Å²) in [5.41, 5.74) is 2.38. The van der Waals surface area contributed by atoms with Crippen molar-refractivity contribution in [3.05, 3.63) is 34.3 Å². The molecule has 1 nitrogen and oxygen atoms in total. The molecule has 0 saturated heterocycles. The quantitative estimate of drug-likeness (QED) is 0.702. The second-order valence-corrected chi connectivity index (χ2v) is 3.07. The van der Waals surface area contributed by atoms with Crippen molar-refractivity contribution in [1.82, 2.24) is 0 Å². The van der Waals surface area contributed by atoms with Crippen LogP contribution in [-0.2, 0) is 17.8 Å². The van der Waals surface area contributed by atoms with Gasteiger partial charge >= 0.3 is 0 Å². The molecule has 1 aromatic carbocycles. The van der Waals surface area contributed by atoms with E-state index in [9.17, 15) is 0 Å². The maximum atomic E-state index is 6.01. The lowest BCUT2D eigenvalue weighted by Crippen LogP contribution is -1.95. The third-order valence-electron chi connectivity index (χ3n) is 1.89. The molecule has 0 aliphatic heterocycles. The molecule has 0 atom stereocenters. The van der Waals surface area contributed by atoms with Crippen LogP contribution in [0.25, 0.3) is 0 Å². The van der Waals surface area contributed by atoms with Crippen LogP contribution in [0.4, 0.5) is 0 Å². The average molecular weight is 185 g/mol.